The monoisotopic (exact) mass is 324 g/mol. The zero-order chi connectivity index (χ0) is 13.4. The molecule has 3 rings (SSSR count). The van der Waals surface area contributed by atoms with Crippen molar-refractivity contribution in [3.05, 3.63) is 28.2 Å². The summed E-state index contributed by atoms with van der Waals surface area (Å²) >= 11 is 3.56. The predicted molar refractivity (Wildman–Crippen MR) is 81.4 cm³/mol. The van der Waals surface area contributed by atoms with Gasteiger partial charge in [0, 0.05) is 28.8 Å². The molecule has 1 aromatic carbocycles. The van der Waals surface area contributed by atoms with Crippen molar-refractivity contribution in [3.63, 3.8) is 0 Å². The van der Waals surface area contributed by atoms with E-state index in [1.54, 1.807) is 0 Å². The van der Waals surface area contributed by atoms with Gasteiger partial charge in [-0.3, -0.25) is 0 Å². The number of rotatable bonds is 3. The fraction of sp³-hybridized carbons (Fsp3) is 0.600. The number of nitrogens with one attached hydrogen (secondary N) is 1. The molecule has 2 N–H and O–H groups in total. The number of aliphatic hydroxyl groups excluding tert-OH is 1. The molecular formula is C15H21BrN2O. The zero-order valence-corrected chi connectivity index (χ0v) is 12.9. The number of halogens is 1. The number of hydrogen-bond acceptors (Lipinski definition) is 3. The maximum atomic E-state index is 9.92. The molecule has 2 heterocycles. The van der Waals surface area contributed by atoms with Gasteiger partial charge in [-0.05, 0) is 56.5 Å². The zero-order valence-electron chi connectivity index (χ0n) is 11.3. The highest BCUT2D eigenvalue weighted by atomic mass is 79.9. The van der Waals surface area contributed by atoms with E-state index in [2.05, 4.69) is 44.3 Å². The first kappa shape index (κ1) is 13.4. The Morgan fingerprint density at radius 1 is 1.32 bits per heavy atom. The fourth-order valence-electron chi connectivity index (χ4n) is 3.68. The first-order chi connectivity index (χ1) is 9.19. The second kappa shape index (κ2) is 5.43. The van der Waals surface area contributed by atoms with Gasteiger partial charge < -0.3 is 15.3 Å². The van der Waals surface area contributed by atoms with Crippen molar-refractivity contribution in [1.29, 1.82) is 0 Å². The molecule has 2 saturated heterocycles. The largest absolute Gasteiger partial charge is 0.393 e. The fourth-order valence-corrected chi connectivity index (χ4v) is 4.09. The Balaban J connectivity index is 1.94. The summed E-state index contributed by atoms with van der Waals surface area (Å²) in [5, 5.41) is 13.2. The summed E-state index contributed by atoms with van der Waals surface area (Å²) in [6, 6.07) is 7.59. The maximum absolute atomic E-state index is 9.92. The number of hydrogen-bond donors (Lipinski definition) is 2. The molecule has 2 unspecified atom stereocenters. The van der Waals surface area contributed by atoms with Crippen molar-refractivity contribution < 1.29 is 5.11 Å². The Morgan fingerprint density at radius 3 is 2.63 bits per heavy atom. The van der Waals surface area contributed by atoms with Gasteiger partial charge in [0.15, 0.2) is 0 Å². The lowest BCUT2D eigenvalue weighted by Crippen LogP contribution is -2.45. The van der Waals surface area contributed by atoms with Crippen LogP contribution in [0.25, 0.3) is 0 Å². The smallest absolute Gasteiger partial charge is 0.0579 e. The summed E-state index contributed by atoms with van der Waals surface area (Å²) in [6.45, 7) is 0.882. The van der Waals surface area contributed by atoms with E-state index in [0.717, 1.165) is 23.9 Å². The summed E-state index contributed by atoms with van der Waals surface area (Å²) in [5.41, 5.74) is 2.68. The van der Waals surface area contributed by atoms with Gasteiger partial charge in [0.05, 0.1) is 6.10 Å². The Kier molecular flexibility index (Phi) is 3.83. The molecule has 19 heavy (non-hydrogen) atoms. The lowest BCUT2D eigenvalue weighted by atomic mass is 9.98. The van der Waals surface area contributed by atoms with Crippen molar-refractivity contribution in [2.45, 2.75) is 50.4 Å². The first-order valence-electron chi connectivity index (χ1n) is 7.08. The quantitative estimate of drug-likeness (QED) is 0.897. The van der Waals surface area contributed by atoms with Crippen LogP contribution in [0.1, 0.15) is 31.2 Å². The van der Waals surface area contributed by atoms with E-state index in [1.807, 2.05) is 7.05 Å². The lowest BCUT2D eigenvalue weighted by molar-refractivity contribution is 0.126. The summed E-state index contributed by atoms with van der Waals surface area (Å²) < 4.78 is 1.13. The van der Waals surface area contributed by atoms with Gasteiger partial charge in [0.1, 0.15) is 0 Å². The van der Waals surface area contributed by atoms with Crippen LogP contribution in [0.2, 0.25) is 0 Å². The van der Waals surface area contributed by atoms with Crippen LogP contribution in [0.4, 0.5) is 5.69 Å². The van der Waals surface area contributed by atoms with E-state index in [-0.39, 0.29) is 6.10 Å². The Morgan fingerprint density at radius 2 is 2.00 bits per heavy atom. The van der Waals surface area contributed by atoms with Crippen molar-refractivity contribution in [2.24, 2.45) is 0 Å². The van der Waals surface area contributed by atoms with E-state index in [1.165, 1.54) is 24.1 Å². The van der Waals surface area contributed by atoms with Gasteiger partial charge in [0.25, 0.3) is 0 Å². The van der Waals surface area contributed by atoms with E-state index >= 15 is 0 Å². The molecule has 2 atom stereocenters. The third kappa shape index (κ3) is 2.54. The minimum absolute atomic E-state index is 0.100. The normalized spacial score (nSPS) is 29.8. The number of benzene rings is 1. The molecule has 0 radical (unpaired) electrons. The summed E-state index contributed by atoms with van der Waals surface area (Å²) in [4.78, 5) is 2.56. The highest BCUT2D eigenvalue weighted by Crippen LogP contribution is 2.41. The second-order valence-corrected chi connectivity index (χ2v) is 6.64. The standard InChI is InChI=1S/C15H21BrN2O/c1-17-9-10-6-11(16)2-5-15(10)18-12-3-4-13(18)8-14(19)7-12/h2,5-6,12-14,17,19H,3-4,7-9H2,1H3. The van der Waals surface area contributed by atoms with Crippen molar-refractivity contribution in [2.75, 3.05) is 11.9 Å². The van der Waals surface area contributed by atoms with E-state index in [4.69, 9.17) is 0 Å². The lowest BCUT2D eigenvalue weighted by Gasteiger charge is -2.40. The second-order valence-electron chi connectivity index (χ2n) is 5.72. The Labute approximate surface area is 123 Å². The number of piperidine rings is 1. The number of anilines is 1. The Bertz CT molecular complexity index is 451. The van der Waals surface area contributed by atoms with Gasteiger partial charge >= 0.3 is 0 Å². The molecule has 2 fully saturated rings. The number of fused-ring (bicyclic) bond motifs is 2. The van der Waals surface area contributed by atoms with Crippen LogP contribution >= 0.6 is 15.9 Å². The van der Waals surface area contributed by atoms with Crippen LogP contribution in [-0.2, 0) is 6.54 Å². The highest BCUT2D eigenvalue weighted by molar-refractivity contribution is 9.10. The molecule has 2 bridgehead atoms. The third-order valence-electron chi connectivity index (χ3n) is 4.40. The van der Waals surface area contributed by atoms with E-state index in [9.17, 15) is 5.11 Å². The molecule has 0 aliphatic carbocycles. The molecule has 2 aliphatic heterocycles. The third-order valence-corrected chi connectivity index (χ3v) is 4.89. The molecule has 4 heteroatoms. The van der Waals surface area contributed by atoms with Crippen LogP contribution < -0.4 is 10.2 Å². The molecule has 0 amide bonds. The van der Waals surface area contributed by atoms with Crippen molar-refractivity contribution in [1.82, 2.24) is 5.32 Å². The molecule has 2 aliphatic rings. The van der Waals surface area contributed by atoms with Crippen LogP contribution in [0, 0.1) is 0 Å². The topological polar surface area (TPSA) is 35.5 Å². The number of nitrogens with zero attached hydrogens (tertiary/aromatic N) is 1. The van der Waals surface area contributed by atoms with E-state index < -0.39 is 0 Å². The van der Waals surface area contributed by atoms with Gasteiger partial charge in [0.2, 0.25) is 0 Å². The van der Waals surface area contributed by atoms with Crippen molar-refractivity contribution >= 4 is 21.6 Å². The molecule has 3 nitrogen and oxygen atoms in total. The molecule has 0 spiro atoms. The van der Waals surface area contributed by atoms with Gasteiger partial charge in [-0.2, -0.15) is 0 Å². The van der Waals surface area contributed by atoms with E-state index in [0.29, 0.717) is 12.1 Å². The van der Waals surface area contributed by atoms with Crippen molar-refractivity contribution in [3.8, 4) is 0 Å². The number of aliphatic hydroxyl groups is 1. The molecule has 104 valence electrons. The molecular weight excluding hydrogens is 304 g/mol. The first-order valence-corrected chi connectivity index (χ1v) is 7.87. The summed E-state index contributed by atoms with van der Waals surface area (Å²) in [6.07, 6.45) is 4.18. The van der Waals surface area contributed by atoms with Crippen LogP contribution in [0.15, 0.2) is 22.7 Å². The minimum atomic E-state index is -0.100. The van der Waals surface area contributed by atoms with Crippen LogP contribution in [0.5, 0.6) is 0 Å². The average Bonchev–Trinajstić information content (AvgIpc) is 2.63. The van der Waals surface area contributed by atoms with Gasteiger partial charge in [-0.25, -0.2) is 0 Å². The molecule has 1 aromatic rings. The molecule has 0 aromatic heterocycles. The SMILES string of the molecule is CNCc1cc(Br)ccc1N1C2CCC1CC(O)C2. The van der Waals surface area contributed by atoms with Crippen LogP contribution in [0.3, 0.4) is 0 Å². The summed E-state index contributed by atoms with van der Waals surface area (Å²) in [7, 11) is 1.99. The maximum Gasteiger partial charge on any atom is 0.0579 e. The molecule has 0 saturated carbocycles. The Hall–Kier alpha value is -0.580. The summed E-state index contributed by atoms with van der Waals surface area (Å²) in [5.74, 6) is 0. The predicted octanol–water partition coefficient (Wildman–Crippen LogP) is 2.66. The van der Waals surface area contributed by atoms with Gasteiger partial charge in [-0.1, -0.05) is 15.9 Å². The average molecular weight is 325 g/mol. The minimum Gasteiger partial charge on any atom is -0.393 e. The highest BCUT2D eigenvalue weighted by Gasteiger charge is 2.40. The van der Waals surface area contributed by atoms with Crippen LogP contribution in [-0.4, -0.2) is 30.3 Å². The van der Waals surface area contributed by atoms with Gasteiger partial charge in [-0.15, -0.1) is 0 Å².